The number of rotatable bonds is 54. The van der Waals surface area contributed by atoms with Crippen LogP contribution < -0.4 is 0 Å². The highest BCUT2D eigenvalue weighted by Crippen LogP contribution is 2.14. The first kappa shape index (κ1) is 72.0. The lowest BCUT2D eigenvalue weighted by Crippen LogP contribution is -2.30. The lowest BCUT2D eigenvalue weighted by molar-refractivity contribution is -0.167. The first-order valence-electron chi connectivity index (χ1n) is 31.0. The fourth-order valence-electron chi connectivity index (χ4n) is 7.95. The molecule has 0 radical (unpaired) electrons. The van der Waals surface area contributed by atoms with Gasteiger partial charge in [-0.2, -0.15) is 0 Å². The SMILES string of the molecule is CC/C=C\C/C=C\C/C=C\C/C=C\C/C=C\C/C=C\C/C=C\C/C=C\C/C=C\CCCCCCCCCC(=O)OCC(COC(=O)CCCCCCC)OC(=O)CCCCCCCC/C=C\C/C=C\C/C=C\C/C=C\CC. The van der Waals surface area contributed by atoms with Gasteiger partial charge in [-0.05, 0) is 128 Å². The van der Waals surface area contributed by atoms with E-state index >= 15 is 0 Å². The van der Waals surface area contributed by atoms with Gasteiger partial charge >= 0.3 is 17.9 Å². The Morgan fingerprint density at radius 1 is 0.273 bits per heavy atom. The molecule has 0 heterocycles. The highest BCUT2D eigenvalue weighted by atomic mass is 16.6. The molecule has 0 fully saturated rings. The monoisotopic (exact) mass is 1060 g/mol. The van der Waals surface area contributed by atoms with Crippen LogP contribution in [-0.4, -0.2) is 37.2 Å². The van der Waals surface area contributed by atoms with Crippen LogP contribution in [0, 0.1) is 0 Å². The van der Waals surface area contributed by atoms with Crippen molar-refractivity contribution in [2.24, 2.45) is 0 Å². The number of ether oxygens (including phenoxy) is 3. The van der Waals surface area contributed by atoms with Crippen LogP contribution in [0.25, 0.3) is 0 Å². The molecule has 77 heavy (non-hydrogen) atoms. The van der Waals surface area contributed by atoms with E-state index < -0.39 is 6.10 Å². The maximum Gasteiger partial charge on any atom is 0.306 e. The molecule has 0 saturated carbocycles. The van der Waals surface area contributed by atoms with Crippen LogP contribution in [0.4, 0.5) is 0 Å². The number of hydrogen-bond donors (Lipinski definition) is 0. The van der Waals surface area contributed by atoms with Crippen LogP contribution in [0.2, 0.25) is 0 Å². The molecule has 0 spiro atoms. The zero-order chi connectivity index (χ0) is 55.7. The van der Waals surface area contributed by atoms with Crippen molar-refractivity contribution >= 4 is 17.9 Å². The molecule has 0 aromatic carbocycles. The Hall–Kier alpha value is -4.97. The summed E-state index contributed by atoms with van der Waals surface area (Å²) in [6.07, 6.45) is 92.9. The van der Waals surface area contributed by atoms with E-state index in [1.165, 1.54) is 38.5 Å². The van der Waals surface area contributed by atoms with Crippen LogP contribution in [0.15, 0.2) is 158 Å². The van der Waals surface area contributed by atoms with E-state index in [2.05, 4.69) is 179 Å². The second kappa shape index (κ2) is 63.6. The third-order valence-electron chi connectivity index (χ3n) is 12.5. The minimum Gasteiger partial charge on any atom is -0.462 e. The number of hydrogen-bond acceptors (Lipinski definition) is 6. The summed E-state index contributed by atoms with van der Waals surface area (Å²) in [5, 5.41) is 0. The largest absolute Gasteiger partial charge is 0.462 e. The van der Waals surface area contributed by atoms with Crippen molar-refractivity contribution in [2.75, 3.05) is 13.2 Å². The molecule has 432 valence electrons. The molecule has 0 aromatic heterocycles. The summed E-state index contributed by atoms with van der Waals surface area (Å²) < 4.78 is 16.7. The molecule has 0 saturated heterocycles. The van der Waals surface area contributed by atoms with E-state index in [1.54, 1.807) is 0 Å². The molecule has 1 unspecified atom stereocenters. The fraction of sp³-hybridized carbons (Fsp3) is 0.592. The molecule has 1 atom stereocenters. The molecule has 0 aromatic rings. The van der Waals surface area contributed by atoms with E-state index in [9.17, 15) is 14.4 Å². The van der Waals surface area contributed by atoms with Crippen LogP contribution in [0.5, 0.6) is 0 Å². The summed E-state index contributed by atoms with van der Waals surface area (Å²) in [5.74, 6) is -0.939. The minimum atomic E-state index is -0.793. The van der Waals surface area contributed by atoms with Crippen LogP contribution >= 0.6 is 0 Å². The van der Waals surface area contributed by atoms with Crippen molar-refractivity contribution in [3.8, 4) is 0 Å². The molecule has 0 rings (SSSR count). The van der Waals surface area contributed by atoms with Crippen LogP contribution in [-0.2, 0) is 28.6 Å². The van der Waals surface area contributed by atoms with E-state index in [4.69, 9.17) is 14.2 Å². The van der Waals surface area contributed by atoms with Gasteiger partial charge in [0.25, 0.3) is 0 Å². The molecule has 0 N–H and O–H groups in total. The van der Waals surface area contributed by atoms with Gasteiger partial charge in [-0.1, -0.05) is 262 Å². The van der Waals surface area contributed by atoms with Gasteiger partial charge < -0.3 is 14.2 Å². The van der Waals surface area contributed by atoms with Gasteiger partial charge in [0.15, 0.2) is 6.10 Å². The Bertz CT molecular complexity index is 1740. The number of esters is 3. The summed E-state index contributed by atoms with van der Waals surface area (Å²) in [4.78, 5) is 37.9. The number of allylic oxidation sites excluding steroid dienone is 26. The second-order valence-electron chi connectivity index (χ2n) is 19.9. The third-order valence-corrected chi connectivity index (χ3v) is 12.5. The topological polar surface area (TPSA) is 78.9 Å². The van der Waals surface area contributed by atoms with Gasteiger partial charge in [-0.15, -0.1) is 0 Å². The normalized spacial score (nSPS) is 13.2. The van der Waals surface area contributed by atoms with E-state index in [0.29, 0.717) is 19.3 Å². The van der Waals surface area contributed by atoms with E-state index in [-0.39, 0.29) is 31.1 Å². The second-order valence-corrected chi connectivity index (χ2v) is 19.9. The summed E-state index contributed by atoms with van der Waals surface area (Å²) in [6, 6.07) is 0. The summed E-state index contributed by atoms with van der Waals surface area (Å²) >= 11 is 0. The first-order chi connectivity index (χ1) is 38.0. The molecular weight excluding hydrogens is 949 g/mol. The fourth-order valence-corrected chi connectivity index (χ4v) is 7.95. The molecule has 6 heteroatoms. The molecule has 0 aliphatic rings. The van der Waals surface area contributed by atoms with Gasteiger partial charge in [0.2, 0.25) is 0 Å². The van der Waals surface area contributed by atoms with Gasteiger partial charge in [0.05, 0.1) is 0 Å². The Morgan fingerprint density at radius 2 is 0.506 bits per heavy atom. The summed E-state index contributed by atoms with van der Waals surface area (Å²) in [7, 11) is 0. The summed E-state index contributed by atoms with van der Waals surface area (Å²) in [6.45, 7) is 6.29. The van der Waals surface area contributed by atoms with Crippen molar-refractivity contribution < 1.29 is 28.6 Å². The Morgan fingerprint density at radius 3 is 0.792 bits per heavy atom. The van der Waals surface area contributed by atoms with Gasteiger partial charge in [0.1, 0.15) is 13.2 Å². The lowest BCUT2D eigenvalue weighted by Gasteiger charge is -2.18. The minimum absolute atomic E-state index is 0.0932. The molecule has 0 bridgehead atoms. The van der Waals surface area contributed by atoms with Crippen molar-refractivity contribution in [3.63, 3.8) is 0 Å². The maximum atomic E-state index is 12.8. The van der Waals surface area contributed by atoms with Crippen LogP contribution in [0.1, 0.15) is 252 Å². The predicted octanol–water partition coefficient (Wildman–Crippen LogP) is 21.3. The highest BCUT2D eigenvalue weighted by molar-refractivity contribution is 5.71. The Balaban J connectivity index is 4.12. The maximum absolute atomic E-state index is 12.8. The van der Waals surface area contributed by atoms with Crippen molar-refractivity contribution in [1.29, 1.82) is 0 Å². The average Bonchev–Trinajstić information content (AvgIpc) is 3.43. The summed E-state index contributed by atoms with van der Waals surface area (Å²) in [5.41, 5.74) is 0. The Labute approximate surface area is 473 Å². The number of carbonyl (C=O) groups excluding carboxylic acids is 3. The first-order valence-corrected chi connectivity index (χ1v) is 31.0. The average molecular weight is 1060 g/mol. The third kappa shape index (κ3) is 61.8. The number of unbranched alkanes of at least 4 members (excludes halogenated alkanes) is 17. The predicted molar refractivity (Wildman–Crippen MR) is 334 cm³/mol. The standard InChI is InChI=1S/C71H112O6/c1-4-7-10-13-15-17-19-21-23-25-27-28-29-30-31-32-33-34-35-36-37-38-39-40-41-42-44-45-47-49-51-53-55-58-61-64-70(73)76-67-68(66-75-69(72)63-60-57-12-9-6-3)77-71(74)65-62-59-56-54-52-50-48-46-43-26-24-22-20-18-16-14-11-8-5-2/h7-8,10-11,15-18,21-24,27-28,30-31,33-34,36-37,39-40,42-44,46,68H,4-6,9,12-14,19-20,25-26,29,32,35,38,41,45,47-67H2,1-3H3/b10-7-,11-8-,17-15-,18-16-,23-21-,24-22-,28-27-,31-30-,34-33-,37-36-,40-39-,44-42-,46-43-. The molecular formula is C71H112O6. The van der Waals surface area contributed by atoms with Gasteiger partial charge in [-0.25, -0.2) is 0 Å². The van der Waals surface area contributed by atoms with Gasteiger partial charge in [-0.3, -0.25) is 14.4 Å². The van der Waals surface area contributed by atoms with Gasteiger partial charge in [0, 0.05) is 19.3 Å². The van der Waals surface area contributed by atoms with Crippen molar-refractivity contribution in [3.05, 3.63) is 158 Å². The van der Waals surface area contributed by atoms with Crippen molar-refractivity contribution in [2.45, 2.75) is 258 Å². The molecule has 6 nitrogen and oxygen atoms in total. The Kier molecular flexibility index (Phi) is 59.5. The lowest BCUT2D eigenvalue weighted by atomic mass is 10.1. The zero-order valence-corrected chi connectivity index (χ0v) is 49.4. The molecule has 0 aliphatic heterocycles. The van der Waals surface area contributed by atoms with E-state index in [1.807, 2.05) is 0 Å². The zero-order valence-electron chi connectivity index (χ0n) is 49.4. The molecule has 0 amide bonds. The smallest absolute Gasteiger partial charge is 0.306 e. The molecule has 0 aliphatic carbocycles. The number of carbonyl (C=O) groups is 3. The highest BCUT2D eigenvalue weighted by Gasteiger charge is 2.19. The van der Waals surface area contributed by atoms with Crippen LogP contribution in [0.3, 0.4) is 0 Å². The van der Waals surface area contributed by atoms with Crippen molar-refractivity contribution in [1.82, 2.24) is 0 Å². The van der Waals surface area contributed by atoms with E-state index in [0.717, 1.165) is 173 Å². The quantitative estimate of drug-likeness (QED) is 0.0261.